The SMILES string of the molecule is Nc1cc(NS(=O)(=O)C2CCCCC2)c(F)cc1F. The molecule has 4 nitrogen and oxygen atoms in total. The third-order valence-electron chi connectivity index (χ3n) is 3.33. The number of hydrogen-bond donors (Lipinski definition) is 2. The van der Waals surface area contributed by atoms with Crippen molar-refractivity contribution in [3.05, 3.63) is 23.8 Å². The van der Waals surface area contributed by atoms with Gasteiger partial charge in [-0.25, -0.2) is 17.2 Å². The Kier molecular flexibility index (Phi) is 3.93. The van der Waals surface area contributed by atoms with Crippen LogP contribution in [0.4, 0.5) is 20.2 Å². The molecule has 1 aromatic carbocycles. The average Bonchev–Trinajstić information content (AvgIpc) is 2.37. The number of benzene rings is 1. The van der Waals surface area contributed by atoms with Gasteiger partial charge in [0.2, 0.25) is 10.0 Å². The number of nitrogen functional groups attached to an aromatic ring is 1. The lowest BCUT2D eigenvalue weighted by Crippen LogP contribution is -2.30. The molecule has 1 aromatic rings. The first-order chi connectivity index (χ1) is 8.90. The van der Waals surface area contributed by atoms with Crippen LogP contribution in [0.25, 0.3) is 0 Å². The van der Waals surface area contributed by atoms with Gasteiger partial charge in [0.15, 0.2) is 0 Å². The van der Waals surface area contributed by atoms with Crippen molar-refractivity contribution in [2.24, 2.45) is 0 Å². The molecular formula is C12H16F2N2O2S. The summed E-state index contributed by atoms with van der Waals surface area (Å²) < 4.78 is 52.9. The van der Waals surface area contributed by atoms with Crippen LogP contribution in [0.2, 0.25) is 0 Å². The van der Waals surface area contributed by atoms with Crippen LogP contribution in [0.1, 0.15) is 32.1 Å². The summed E-state index contributed by atoms with van der Waals surface area (Å²) in [6.45, 7) is 0. The van der Waals surface area contributed by atoms with Crippen molar-refractivity contribution in [3.8, 4) is 0 Å². The molecule has 2 rings (SSSR count). The maximum absolute atomic E-state index is 13.5. The molecule has 0 amide bonds. The molecule has 19 heavy (non-hydrogen) atoms. The summed E-state index contributed by atoms with van der Waals surface area (Å²) >= 11 is 0. The molecule has 1 aliphatic rings. The number of sulfonamides is 1. The summed E-state index contributed by atoms with van der Waals surface area (Å²) in [5, 5.41) is -0.521. The van der Waals surface area contributed by atoms with E-state index in [9.17, 15) is 17.2 Å². The summed E-state index contributed by atoms with van der Waals surface area (Å²) in [6, 6.07) is 1.54. The number of nitrogens with two attached hydrogens (primary N) is 1. The minimum atomic E-state index is -3.66. The zero-order chi connectivity index (χ0) is 14.0. The number of anilines is 2. The Balaban J connectivity index is 2.22. The van der Waals surface area contributed by atoms with E-state index in [1.54, 1.807) is 0 Å². The van der Waals surface area contributed by atoms with Crippen LogP contribution in [0.3, 0.4) is 0 Å². The molecule has 106 valence electrons. The lowest BCUT2D eigenvalue weighted by atomic mass is 10.0. The monoisotopic (exact) mass is 290 g/mol. The van der Waals surface area contributed by atoms with Gasteiger partial charge in [-0.05, 0) is 18.9 Å². The molecule has 1 saturated carbocycles. The standard InChI is InChI=1S/C12H16F2N2O2S/c13-9-6-10(14)12(7-11(9)15)16-19(17,18)8-4-2-1-3-5-8/h6-8,16H,1-5,15H2. The van der Waals surface area contributed by atoms with Crippen LogP contribution >= 0.6 is 0 Å². The first-order valence-corrected chi connectivity index (χ1v) is 7.71. The highest BCUT2D eigenvalue weighted by atomic mass is 32.2. The van der Waals surface area contributed by atoms with E-state index in [2.05, 4.69) is 4.72 Å². The Morgan fingerprint density at radius 1 is 1.11 bits per heavy atom. The van der Waals surface area contributed by atoms with E-state index in [-0.39, 0.29) is 11.4 Å². The highest BCUT2D eigenvalue weighted by molar-refractivity contribution is 7.93. The Hall–Kier alpha value is -1.37. The van der Waals surface area contributed by atoms with E-state index >= 15 is 0 Å². The molecule has 3 N–H and O–H groups in total. The van der Waals surface area contributed by atoms with E-state index < -0.39 is 26.9 Å². The van der Waals surface area contributed by atoms with E-state index in [4.69, 9.17) is 5.73 Å². The fourth-order valence-electron chi connectivity index (χ4n) is 2.26. The van der Waals surface area contributed by atoms with Gasteiger partial charge in [0, 0.05) is 6.07 Å². The van der Waals surface area contributed by atoms with Gasteiger partial charge in [-0.1, -0.05) is 19.3 Å². The van der Waals surface area contributed by atoms with Crippen LogP contribution in [0.5, 0.6) is 0 Å². The molecule has 0 radical (unpaired) electrons. The summed E-state index contributed by atoms with van der Waals surface area (Å²) in [5.74, 6) is -1.87. The largest absolute Gasteiger partial charge is 0.396 e. The second-order valence-electron chi connectivity index (χ2n) is 4.76. The molecular weight excluding hydrogens is 274 g/mol. The highest BCUT2D eigenvalue weighted by Gasteiger charge is 2.28. The Morgan fingerprint density at radius 2 is 1.74 bits per heavy atom. The van der Waals surface area contributed by atoms with Crippen molar-refractivity contribution in [3.63, 3.8) is 0 Å². The zero-order valence-electron chi connectivity index (χ0n) is 10.3. The predicted molar refractivity (Wildman–Crippen MR) is 70.2 cm³/mol. The van der Waals surface area contributed by atoms with Crippen molar-refractivity contribution in [2.75, 3.05) is 10.5 Å². The van der Waals surface area contributed by atoms with Crippen LogP contribution in [0.15, 0.2) is 12.1 Å². The zero-order valence-corrected chi connectivity index (χ0v) is 11.1. The van der Waals surface area contributed by atoms with Crippen LogP contribution in [0, 0.1) is 11.6 Å². The van der Waals surface area contributed by atoms with Gasteiger partial charge in [-0.3, -0.25) is 4.72 Å². The Morgan fingerprint density at radius 3 is 2.37 bits per heavy atom. The highest BCUT2D eigenvalue weighted by Crippen LogP contribution is 2.27. The molecule has 0 aromatic heterocycles. The van der Waals surface area contributed by atoms with E-state index in [1.807, 2.05) is 0 Å². The lowest BCUT2D eigenvalue weighted by Gasteiger charge is -2.22. The molecule has 0 bridgehead atoms. The maximum Gasteiger partial charge on any atom is 0.235 e. The minimum Gasteiger partial charge on any atom is -0.396 e. The second-order valence-corrected chi connectivity index (χ2v) is 6.72. The van der Waals surface area contributed by atoms with Crippen molar-refractivity contribution < 1.29 is 17.2 Å². The van der Waals surface area contributed by atoms with Crippen molar-refractivity contribution in [1.29, 1.82) is 0 Å². The fraction of sp³-hybridized carbons (Fsp3) is 0.500. The summed E-state index contributed by atoms with van der Waals surface area (Å²) in [4.78, 5) is 0. The maximum atomic E-state index is 13.5. The molecule has 7 heteroatoms. The third-order valence-corrected chi connectivity index (χ3v) is 5.18. The fourth-order valence-corrected chi connectivity index (χ4v) is 3.84. The van der Waals surface area contributed by atoms with Gasteiger partial charge < -0.3 is 5.73 Å². The number of rotatable bonds is 3. The van der Waals surface area contributed by atoms with E-state index in [0.717, 1.165) is 25.3 Å². The average molecular weight is 290 g/mol. The lowest BCUT2D eigenvalue weighted by molar-refractivity contribution is 0.486. The molecule has 0 heterocycles. The van der Waals surface area contributed by atoms with E-state index in [1.165, 1.54) is 0 Å². The summed E-state index contributed by atoms with van der Waals surface area (Å²) in [6.07, 6.45) is 3.84. The van der Waals surface area contributed by atoms with Gasteiger partial charge >= 0.3 is 0 Å². The van der Waals surface area contributed by atoms with Crippen LogP contribution in [-0.4, -0.2) is 13.7 Å². The van der Waals surface area contributed by atoms with E-state index in [0.29, 0.717) is 18.9 Å². The molecule has 0 aliphatic heterocycles. The van der Waals surface area contributed by atoms with Crippen LogP contribution < -0.4 is 10.5 Å². The Labute approximate surface area is 111 Å². The summed E-state index contributed by atoms with van der Waals surface area (Å²) in [7, 11) is -3.66. The normalized spacial score (nSPS) is 17.4. The predicted octanol–water partition coefficient (Wildman–Crippen LogP) is 2.62. The molecule has 0 saturated heterocycles. The minimum absolute atomic E-state index is 0.289. The first kappa shape index (κ1) is 14.0. The van der Waals surface area contributed by atoms with Gasteiger partial charge in [-0.15, -0.1) is 0 Å². The van der Waals surface area contributed by atoms with Crippen molar-refractivity contribution in [2.45, 2.75) is 37.4 Å². The smallest absolute Gasteiger partial charge is 0.235 e. The number of halogens is 2. The molecule has 1 fully saturated rings. The number of nitrogens with one attached hydrogen (secondary N) is 1. The van der Waals surface area contributed by atoms with Gasteiger partial charge in [0.1, 0.15) is 11.6 Å². The first-order valence-electron chi connectivity index (χ1n) is 6.16. The topological polar surface area (TPSA) is 72.2 Å². The van der Waals surface area contributed by atoms with Crippen LogP contribution in [-0.2, 0) is 10.0 Å². The third kappa shape index (κ3) is 3.15. The molecule has 0 unspecified atom stereocenters. The van der Waals surface area contributed by atoms with Gasteiger partial charge in [-0.2, -0.15) is 0 Å². The van der Waals surface area contributed by atoms with Gasteiger partial charge in [0.05, 0.1) is 16.6 Å². The second kappa shape index (κ2) is 5.32. The number of hydrogen-bond acceptors (Lipinski definition) is 3. The molecule has 0 spiro atoms. The molecule has 1 aliphatic carbocycles. The Bertz CT molecular complexity index is 569. The quantitative estimate of drug-likeness (QED) is 0.840. The van der Waals surface area contributed by atoms with Gasteiger partial charge in [0.25, 0.3) is 0 Å². The van der Waals surface area contributed by atoms with Crippen molar-refractivity contribution in [1.82, 2.24) is 0 Å². The summed E-state index contributed by atoms with van der Waals surface area (Å²) in [5.41, 5.74) is 4.72. The molecule has 0 atom stereocenters. The van der Waals surface area contributed by atoms with Crippen molar-refractivity contribution >= 4 is 21.4 Å².